The Bertz CT molecular complexity index is 833. The number of ether oxygens (including phenoxy) is 1. The normalized spacial score (nSPS) is 29.5. The second kappa shape index (κ2) is 7.49. The van der Waals surface area contributed by atoms with Gasteiger partial charge < -0.3 is 34.2 Å². The predicted molar refractivity (Wildman–Crippen MR) is 84.5 cm³/mol. The maximum atomic E-state index is 11.6. The first kappa shape index (κ1) is 20.6. The van der Waals surface area contributed by atoms with E-state index in [4.69, 9.17) is 26.7 Å². The van der Waals surface area contributed by atoms with Crippen LogP contribution in [-0.2, 0) is 18.4 Å². The van der Waals surface area contributed by atoms with Crippen LogP contribution in [-0.4, -0.2) is 65.3 Å². The average Bonchev–Trinajstić information content (AvgIpc) is 2.71. The summed E-state index contributed by atoms with van der Waals surface area (Å²) in [6.45, 7) is -0.709. The number of nitrogens with one attached hydrogen (secondary N) is 1. The van der Waals surface area contributed by atoms with Crippen molar-refractivity contribution >= 4 is 27.4 Å². The Morgan fingerprint density at radius 1 is 1.28 bits per heavy atom. The van der Waals surface area contributed by atoms with E-state index in [1.807, 2.05) is 0 Å². The number of aromatic nitrogens is 2. The smallest absolute Gasteiger partial charge is 0.340 e. The lowest BCUT2D eigenvalue weighted by Crippen LogP contribution is -2.34. The number of aromatic amines is 1. The number of hydrogen-bond donors (Lipinski definition) is 6. The molecule has 0 spiro atoms. The maximum Gasteiger partial charge on any atom is 0.340 e. The minimum Gasteiger partial charge on any atom is -0.387 e. The SMILES string of the molecule is O=c1ccn([C@@H]2O[C@H](COP(=O)(O)CP(=O)(O)O)[C@H](O)C2O)c(=S)[nH]1. The van der Waals surface area contributed by atoms with Gasteiger partial charge in [0.2, 0.25) is 0 Å². The summed E-state index contributed by atoms with van der Waals surface area (Å²) in [5.41, 5.74) is -0.479. The van der Waals surface area contributed by atoms with Crippen LogP contribution < -0.4 is 5.56 Å². The Hall–Kier alpha value is -0.720. The topological polar surface area (TPSA) is 192 Å². The van der Waals surface area contributed by atoms with Gasteiger partial charge in [0, 0.05) is 12.3 Å². The molecule has 2 rings (SSSR count). The number of aliphatic hydroxyl groups is 2. The Morgan fingerprint density at radius 2 is 1.92 bits per heavy atom. The molecule has 1 aliphatic heterocycles. The maximum absolute atomic E-state index is 11.6. The standard InChI is InChI=1S/C10H16N2O10P2S/c13-6-1-2-12(10(25)11-6)9-8(15)7(14)5(22-9)3-21-24(19,20)4-23(16,17)18/h1-2,5,7-9,14-15H,3-4H2,(H,19,20)(H,11,13,25)(H2,16,17,18)/t5-,7+,8?,9-/m1/s1. The van der Waals surface area contributed by atoms with Crippen LogP contribution in [0.4, 0.5) is 0 Å². The highest BCUT2D eigenvalue weighted by Crippen LogP contribution is 2.55. The fourth-order valence-electron chi connectivity index (χ4n) is 2.19. The summed E-state index contributed by atoms with van der Waals surface area (Å²) in [6, 6.07) is 1.12. The van der Waals surface area contributed by atoms with E-state index >= 15 is 0 Å². The monoisotopic (exact) mass is 418 g/mol. The van der Waals surface area contributed by atoms with E-state index in [1.54, 1.807) is 0 Å². The van der Waals surface area contributed by atoms with Gasteiger partial charge in [-0.25, -0.2) is 0 Å². The fraction of sp³-hybridized carbons (Fsp3) is 0.600. The van der Waals surface area contributed by atoms with Gasteiger partial charge in [0.1, 0.15) is 18.3 Å². The van der Waals surface area contributed by atoms with Crippen LogP contribution >= 0.6 is 27.4 Å². The molecule has 0 bridgehead atoms. The van der Waals surface area contributed by atoms with Gasteiger partial charge in [0.05, 0.1) is 6.61 Å². The summed E-state index contributed by atoms with van der Waals surface area (Å²) >= 11 is 4.92. The van der Waals surface area contributed by atoms with Gasteiger partial charge in [-0.3, -0.25) is 23.5 Å². The van der Waals surface area contributed by atoms with Crippen LogP contribution in [0.25, 0.3) is 0 Å². The molecule has 12 nitrogen and oxygen atoms in total. The lowest BCUT2D eigenvalue weighted by atomic mass is 10.1. The third kappa shape index (κ3) is 5.38. The Labute approximate surface area is 145 Å². The molecule has 1 aliphatic rings. The molecule has 6 N–H and O–H groups in total. The van der Waals surface area contributed by atoms with E-state index in [-0.39, 0.29) is 4.77 Å². The van der Waals surface area contributed by atoms with Gasteiger partial charge in [-0.2, -0.15) is 0 Å². The predicted octanol–water partition coefficient (Wildman–Crippen LogP) is -1.14. The molecule has 142 valence electrons. The molecule has 0 aromatic carbocycles. The molecule has 2 unspecified atom stereocenters. The molecule has 15 heteroatoms. The molecule has 25 heavy (non-hydrogen) atoms. The van der Waals surface area contributed by atoms with Gasteiger partial charge >= 0.3 is 15.2 Å². The Balaban J connectivity index is 2.09. The zero-order valence-electron chi connectivity index (χ0n) is 12.4. The van der Waals surface area contributed by atoms with Crippen LogP contribution in [0.1, 0.15) is 6.23 Å². The molecular formula is C10H16N2O10P2S. The van der Waals surface area contributed by atoms with Crippen LogP contribution in [0.2, 0.25) is 0 Å². The highest BCUT2D eigenvalue weighted by atomic mass is 32.1. The second-order valence-corrected chi connectivity index (χ2v) is 9.68. The Morgan fingerprint density at radius 3 is 2.48 bits per heavy atom. The van der Waals surface area contributed by atoms with Crippen molar-refractivity contribution in [3.8, 4) is 0 Å². The number of hydrogen-bond acceptors (Lipinski definition) is 8. The van der Waals surface area contributed by atoms with Crippen LogP contribution in [0.3, 0.4) is 0 Å². The highest BCUT2D eigenvalue weighted by molar-refractivity contribution is 7.71. The minimum atomic E-state index is -4.79. The van der Waals surface area contributed by atoms with Gasteiger partial charge in [0.15, 0.2) is 16.9 Å². The highest BCUT2D eigenvalue weighted by Gasteiger charge is 2.45. The molecule has 1 aromatic rings. The van der Waals surface area contributed by atoms with E-state index in [0.29, 0.717) is 0 Å². The minimum absolute atomic E-state index is 0.0837. The molecule has 2 heterocycles. The van der Waals surface area contributed by atoms with Gasteiger partial charge in [-0.05, 0) is 12.2 Å². The summed E-state index contributed by atoms with van der Waals surface area (Å²) in [5.74, 6) is -1.39. The van der Waals surface area contributed by atoms with Crippen molar-refractivity contribution in [2.75, 3.05) is 12.5 Å². The molecule has 0 radical (unpaired) electrons. The molecule has 0 aliphatic carbocycles. The lowest BCUT2D eigenvalue weighted by Gasteiger charge is -2.18. The molecule has 1 aromatic heterocycles. The van der Waals surface area contributed by atoms with Crippen molar-refractivity contribution in [2.24, 2.45) is 0 Å². The van der Waals surface area contributed by atoms with Crippen LogP contribution in [0.15, 0.2) is 17.1 Å². The molecule has 1 fully saturated rings. The molecule has 0 amide bonds. The molecule has 1 saturated heterocycles. The fourth-order valence-corrected chi connectivity index (χ4v) is 5.02. The first-order chi connectivity index (χ1) is 11.4. The first-order valence-corrected chi connectivity index (χ1v) is 10.7. The van der Waals surface area contributed by atoms with E-state index in [0.717, 1.165) is 6.07 Å². The number of aliphatic hydroxyl groups excluding tert-OH is 2. The largest absolute Gasteiger partial charge is 0.387 e. The van der Waals surface area contributed by atoms with E-state index in [9.17, 15) is 29.0 Å². The quantitative estimate of drug-likeness (QED) is 0.242. The lowest BCUT2D eigenvalue weighted by molar-refractivity contribution is -0.0515. The zero-order chi connectivity index (χ0) is 19.0. The zero-order valence-corrected chi connectivity index (χ0v) is 15.0. The third-order valence-electron chi connectivity index (χ3n) is 3.27. The summed E-state index contributed by atoms with van der Waals surface area (Å²) in [5, 5.41) is 20.0. The Kier molecular flexibility index (Phi) is 6.17. The number of H-pyrrole nitrogens is 1. The first-order valence-electron chi connectivity index (χ1n) is 6.74. The third-order valence-corrected chi connectivity index (χ3v) is 7.03. The summed E-state index contributed by atoms with van der Waals surface area (Å²) < 4.78 is 33.4. The molecular weight excluding hydrogens is 402 g/mol. The number of rotatable bonds is 6. The van der Waals surface area contributed by atoms with Crippen molar-refractivity contribution < 1.29 is 43.3 Å². The van der Waals surface area contributed by atoms with E-state index < -0.39 is 57.8 Å². The van der Waals surface area contributed by atoms with Crippen molar-refractivity contribution in [3.63, 3.8) is 0 Å². The number of nitrogens with zero attached hydrogens (tertiary/aromatic N) is 1. The second-order valence-electron chi connectivity index (χ2n) is 5.30. The van der Waals surface area contributed by atoms with Crippen molar-refractivity contribution in [1.82, 2.24) is 9.55 Å². The van der Waals surface area contributed by atoms with Crippen molar-refractivity contribution in [1.29, 1.82) is 0 Å². The van der Waals surface area contributed by atoms with E-state index in [1.165, 1.54) is 10.8 Å². The van der Waals surface area contributed by atoms with Crippen LogP contribution in [0.5, 0.6) is 0 Å². The van der Waals surface area contributed by atoms with Gasteiger partial charge in [-0.15, -0.1) is 0 Å². The molecule has 0 saturated carbocycles. The summed E-state index contributed by atoms with van der Waals surface area (Å²) in [6.07, 6.45) is -4.27. The average molecular weight is 418 g/mol. The van der Waals surface area contributed by atoms with Crippen LogP contribution in [0, 0.1) is 4.77 Å². The summed E-state index contributed by atoms with van der Waals surface area (Å²) in [4.78, 5) is 40.3. The van der Waals surface area contributed by atoms with Gasteiger partial charge in [0.25, 0.3) is 5.56 Å². The summed E-state index contributed by atoms with van der Waals surface area (Å²) in [7, 11) is -9.42. The molecule has 5 atom stereocenters. The van der Waals surface area contributed by atoms with Crippen molar-refractivity contribution in [2.45, 2.75) is 24.5 Å². The van der Waals surface area contributed by atoms with E-state index in [2.05, 4.69) is 9.51 Å². The van der Waals surface area contributed by atoms with Crippen molar-refractivity contribution in [3.05, 3.63) is 27.4 Å². The van der Waals surface area contributed by atoms with Gasteiger partial charge in [-0.1, -0.05) is 0 Å².